The van der Waals surface area contributed by atoms with Gasteiger partial charge in [-0.25, -0.2) is 4.79 Å². The molecule has 0 fully saturated rings. The number of nitrogens with one attached hydrogen (secondary N) is 1. The molecule has 0 radical (unpaired) electrons. The third kappa shape index (κ3) is 6.74. The maximum Gasteiger partial charge on any atom is 0.335 e. The molecule has 0 atom stereocenters. The van der Waals surface area contributed by atoms with Crippen LogP contribution in [0.25, 0.3) is 6.08 Å². The SMILES string of the molecule is CCCOc1ccc(C(=O)O)cc1NC(=O)/C=C/c1cccc(OCc2ccccc2)c1. The summed E-state index contributed by atoms with van der Waals surface area (Å²) in [6, 6.07) is 21.6. The molecule has 0 saturated carbocycles. The number of carbonyl (C=O) groups is 2. The zero-order valence-electron chi connectivity index (χ0n) is 17.8. The van der Waals surface area contributed by atoms with Gasteiger partial charge in [-0.1, -0.05) is 49.4 Å². The third-order valence-corrected chi connectivity index (χ3v) is 4.48. The average molecular weight is 431 g/mol. The zero-order chi connectivity index (χ0) is 22.8. The van der Waals surface area contributed by atoms with Crippen LogP contribution in [0, 0.1) is 0 Å². The molecule has 6 heteroatoms. The first-order valence-corrected chi connectivity index (χ1v) is 10.3. The van der Waals surface area contributed by atoms with Crippen LogP contribution in [0.5, 0.6) is 11.5 Å². The van der Waals surface area contributed by atoms with Crippen LogP contribution in [-0.2, 0) is 11.4 Å². The lowest BCUT2D eigenvalue weighted by Gasteiger charge is -2.12. The lowest BCUT2D eigenvalue weighted by Crippen LogP contribution is -2.11. The summed E-state index contributed by atoms with van der Waals surface area (Å²) < 4.78 is 11.4. The van der Waals surface area contributed by atoms with Crippen LogP contribution in [0.1, 0.15) is 34.8 Å². The van der Waals surface area contributed by atoms with E-state index in [-0.39, 0.29) is 5.56 Å². The highest BCUT2D eigenvalue weighted by Crippen LogP contribution is 2.26. The summed E-state index contributed by atoms with van der Waals surface area (Å²) in [6.45, 7) is 2.88. The number of ether oxygens (including phenoxy) is 2. The van der Waals surface area contributed by atoms with E-state index in [0.29, 0.717) is 30.4 Å². The Balaban J connectivity index is 1.66. The van der Waals surface area contributed by atoms with E-state index in [4.69, 9.17) is 9.47 Å². The van der Waals surface area contributed by atoms with Crippen LogP contribution >= 0.6 is 0 Å². The lowest BCUT2D eigenvalue weighted by molar-refractivity contribution is -0.111. The van der Waals surface area contributed by atoms with Crippen LogP contribution in [0.15, 0.2) is 78.9 Å². The number of benzene rings is 3. The second-order valence-electron chi connectivity index (χ2n) is 7.03. The van der Waals surface area contributed by atoms with Crippen molar-refractivity contribution in [1.82, 2.24) is 0 Å². The minimum atomic E-state index is -1.08. The molecule has 0 aliphatic carbocycles. The molecule has 0 saturated heterocycles. The standard InChI is InChI=1S/C26H25NO5/c1-2-15-31-24-13-12-21(26(29)30)17-23(24)27-25(28)14-11-19-9-6-10-22(16-19)32-18-20-7-4-3-5-8-20/h3-14,16-17H,2,15,18H2,1H3,(H,27,28)(H,29,30)/b14-11+. The number of amides is 1. The van der Waals surface area contributed by atoms with E-state index in [0.717, 1.165) is 17.5 Å². The van der Waals surface area contributed by atoms with Crippen molar-refractivity contribution in [2.24, 2.45) is 0 Å². The number of rotatable bonds is 10. The molecule has 0 heterocycles. The van der Waals surface area contributed by atoms with Gasteiger partial charge in [0.2, 0.25) is 5.91 Å². The van der Waals surface area contributed by atoms with Crippen molar-refractivity contribution in [3.05, 3.63) is 95.6 Å². The van der Waals surface area contributed by atoms with Crippen LogP contribution < -0.4 is 14.8 Å². The summed E-state index contributed by atoms with van der Waals surface area (Å²) in [5, 5.41) is 11.9. The number of carboxylic acids is 1. The largest absolute Gasteiger partial charge is 0.491 e. The van der Waals surface area contributed by atoms with Crippen LogP contribution in [0.4, 0.5) is 5.69 Å². The molecule has 3 aromatic rings. The second-order valence-corrected chi connectivity index (χ2v) is 7.03. The van der Waals surface area contributed by atoms with Gasteiger partial charge in [0, 0.05) is 6.08 Å². The molecule has 6 nitrogen and oxygen atoms in total. The van der Waals surface area contributed by atoms with E-state index in [1.165, 1.54) is 18.2 Å². The van der Waals surface area contributed by atoms with Gasteiger partial charge in [0.25, 0.3) is 0 Å². The molecule has 0 unspecified atom stereocenters. The minimum Gasteiger partial charge on any atom is -0.491 e. The summed E-state index contributed by atoms with van der Waals surface area (Å²) in [5.41, 5.74) is 2.24. The maximum atomic E-state index is 12.5. The Morgan fingerprint density at radius 2 is 1.78 bits per heavy atom. The number of anilines is 1. The summed E-state index contributed by atoms with van der Waals surface area (Å²) in [6.07, 6.45) is 3.84. The molecule has 0 aliphatic heterocycles. The first-order chi connectivity index (χ1) is 15.5. The highest BCUT2D eigenvalue weighted by molar-refractivity contribution is 6.03. The fourth-order valence-corrected chi connectivity index (χ4v) is 2.89. The molecule has 3 rings (SSSR count). The van der Waals surface area contributed by atoms with E-state index in [9.17, 15) is 14.7 Å². The molecule has 0 aromatic heterocycles. The van der Waals surface area contributed by atoms with Gasteiger partial charge in [-0.3, -0.25) is 4.79 Å². The monoisotopic (exact) mass is 431 g/mol. The van der Waals surface area contributed by atoms with Crippen molar-refractivity contribution in [2.45, 2.75) is 20.0 Å². The van der Waals surface area contributed by atoms with Crippen molar-refractivity contribution in [3.63, 3.8) is 0 Å². The molecule has 3 aromatic carbocycles. The normalized spacial score (nSPS) is 10.7. The Morgan fingerprint density at radius 1 is 0.969 bits per heavy atom. The fraction of sp³-hybridized carbons (Fsp3) is 0.154. The van der Waals surface area contributed by atoms with Gasteiger partial charge >= 0.3 is 5.97 Å². The van der Waals surface area contributed by atoms with E-state index in [2.05, 4.69) is 5.32 Å². The Kier molecular flexibility index (Phi) is 8.03. The summed E-state index contributed by atoms with van der Waals surface area (Å²) in [7, 11) is 0. The number of carbonyl (C=O) groups excluding carboxylic acids is 1. The number of aromatic carboxylic acids is 1. The first-order valence-electron chi connectivity index (χ1n) is 10.3. The smallest absolute Gasteiger partial charge is 0.335 e. The number of hydrogen-bond acceptors (Lipinski definition) is 4. The van der Waals surface area contributed by atoms with Gasteiger partial charge in [0.15, 0.2) is 0 Å². The Morgan fingerprint density at radius 3 is 2.53 bits per heavy atom. The van der Waals surface area contributed by atoms with Crippen LogP contribution in [0.3, 0.4) is 0 Å². The fourth-order valence-electron chi connectivity index (χ4n) is 2.89. The Labute approximate surface area is 187 Å². The Hall–Kier alpha value is -4.06. The van der Waals surface area contributed by atoms with Gasteiger partial charge in [-0.05, 0) is 54.0 Å². The molecule has 32 heavy (non-hydrogen) atoms. The third-order valence-electron chi connectivity index (χ3n) is 4.48. The lowest BCUT2D eigenvalue weighted by atomic mass is 10.1. The summed E-state index contributed by atoms with van der Waals surface area (Å²) in [5.74, 6) is -0.356. The zero-order valence-corrected chi connectivity index (χ0v) is 17.8. The van der Waals surface area contributed by atoms with E-state index < -0.39 is 11.9 Å². The molecule has 1 amide bonds. The molecular formula is C26H25NO5. The number of hydrogen-bond donors (Lipinski definition) is 2. The van der Waals surface area contributed by atoms with E-state index >= 15 is 0 Å². The predicted molar refractivity (Wildman–Crippen MR) is 124 cm³/mol. The molecule has 2 N–H and O–H groups in total. The van der Waals surface area contributed by atoms with Crippen LogP contribution in [-0.4, -0.2) is 23.6 Å². The minimum absolute atomic E-state index is 0.0661. The molecule has 0 spiro atoms. The topological polar surface area (TPSA) is 84.9 Å². The quantitative estimate of drug-likeness (QED) is 0.420. The Bertz CT molecular complexity index is 1090. The van der Waals surface area contributed by atoms with Crippen molar-refractivity contribution in [2.75, 3.05) is 11.9 Å². The van der Waals surface area contributed by atoms with Gasteiger partial charge < -0.3 is 19.9 Å². The van der Waals surface area contributed by atoms with Crippen molar-refractivity contribution >= 4 is 23.6 Å². The highest BCUT2D eigenvalue weighted by Gasteiger charge is 2.11. The van der Waals surface area contributed by atoms with E-state index in [1.54, 1.807) is 12.1 Å². The summed E-state index contributed by atoms with van der Waals surface area (Å²) in [4.78, 5) is 23.7. The summed E-state index contributed by atoms with van der Waals surface area (Å²) >= 11 is 0. The molecule has 0 aliphatic rings. The average Bonchev–Trinajstić information content (AvgIpc) is 2.81. The van der Waals surface area contributed by atoms with Crippen molar-refractivity contribution in [3.8, 4) is 11.5 Å². The van der Waals surface area contributed by atoms with E-state index in [1.807, 2.05) is 61.5 Å². The van der Waals surface area contributed by atoms with Crippen LogP contribution in [0.2, 0.25) is 0 Å². The second kappa shape index (κ2) is 11.4. The molecule has 0 bridgehead atoms. The van der Waals surface area contributed by atoms with Crippen molar-refractivity contribution in [1.29, 1.82) is 0 Å². The first kappa shape index (κ1) is 22.6. The van der Waals surface area contributed by atoms with Gasteiger partial charge in [0.05, 0.1) is 17.9 Å². The molecular weight excluding hydrogens is 406 g/mol. The predicted octanol–water partition coefficient (Wildman–Crippen LogP) is 5.40. The highest BCUT2D eigenvalue weighted by atomic mass is 16.5. The maximum absolute atomic E-state index is 12.5. The van der Waals surface area contributed by atoms with Gasteiger partial charge in [0.1, 0.15) is 18.1 Å². The van der Waals surface area contributed by atoms with Gasteiger partial charge in [-0.15, -0.1) is 0 Å². The number of carboxylic acid groups (broad SMARTS) is 1. The van der Waals surface area contributed by atoms with Crippen molar-refractivity contribution < 1.29 is 24.2 Å². The van der Waals surface area contributed by atoms with Gasteiger partial charge in [-0.2, -0.15) is 0 Å². The molecule has 164 valence electrons.